The van der Waals surface area contributed by atoms with Gasteiger partial charge < -0.3 is 20.4 Å². The van der Waals surface area contributed by atoms with Crippen molar-refractivity contribution in [1.29, 1.82) is 0 Å². The summed E-state index contributed by atoms with van der Waals surface area (Å²) in [6, 6.07) is -0.227. The fourth-order valence-electron chi connectivity index (χ4n) is 2.38. The molecule has 19 heavy (non-hydrogen) atoms. The number of carboxylic acids is 1. The summed E-state index contributed by atoms with van der Waals surface area (Å²) in [6.45, 7) is 6.37. The number of nitrogens with one attached hydrogen (secondary N) is 1. The van der Waals surface area contributed by atoms with Crippen LogP contribution in [0.1, 0.15) is 40.0 Å². The molecule has 6 heteroatoms. The zero-order valence-electron chi connectivity index (χ0n) is 11.8. The molecule has 1 aliphatic heterocycles. The average Bonchev–Trinajstić information content (AvgIpc) is 2.26. The van der Waals surface area contributed by atoms with Crippen molar-refractivity contribution in [3.8, 4) is 0 Å². The molecule has 1 unspecified atom stereocenters. The van der Waals surface area contributed by atoms with Crippen LogP contribution in [0, 0.1) is 5.92 Å². The van der Waals surface area contributed by atoms with Crippen LogP contribution in [0.3, 0.4) is 0 Å². The molecule has 1 heterocycles. The lowest BCUT2D eigenvalue weighted by molar-refractivity contribution is -0.138. The number of amides is 2. The predicted octanol–water partition coefficient (Wildman–Crippen LogP) is 1.04. The highest BCUT2D eigenvalue weighted by Gasteiger charge is 2.29. The van der Waals surface area contributed by atoms with E-state index in [1.165, 1.54) is 0 Å². The van der Waals surface area contributed by atoms with E-state index >= 15 is 0 Å². The van der Waals surface area contributed by atoms with Gasteiger partial charge in [0.15, 0.2) is 0 Å². The number of piperidine rings is 1. The van der Waals surface area contributed by atoms with Crippen molar-refractivity contribution in [1.82, 2.24) is 10.2 Å². The maximum Gasteiger partial charge on any atom is 0.317 e. The van der Waals surface area contributed by atoms with Gasteiger partial charge in [-0.15, -0.1) is 0 Å². The van der Waals surface area contributed by atoms with Crippen molar-refractivity contribution in [2.75, 3.05) is 13.1 Å². The Balaban J connectivity index is 2.45. The number of hydrogen-bond acceptors (Lipinski definition) is 3. The standard InChI is InChI=1S/C13H24N2O4/c1-9(16)10-4-6-15(7-5-10)12(19)14-13(2,3)8-11(17)18/h9-10,16H,4-8H2,1-3H3,(H,14,19)(H,17,18). The van der Waals surface area contributed by atoms with Gasteiger partial charge in [-0.3, -0.25) is 4.79 Å². The predicted molar refractivity (Wildman–Crippen MR) is 70.8 cm³/mol. The fraction of sp³-hybridized carbons (Fsp3) is 0.846. The van der Waals surface area contributed by atoms with E-state index in [1.54, 1.807) is 25.7 Å². The number of carboxylic acid groups (broad SMARTS) is 1. The molecule has 1 aliphatic rings. The zero-order valence-corrected chi connectivity index (χ0v) is 11.8. The van der Waals surface area contributed by atoms with Crippen LogP contribution < -0.4 is 5.32 Å². The first-order valence-corrected chi connectivity index (χ1v) is 6.68. The molecule has 0 bridgehead atoms. The van der Waals surface area contributed by atoms with Crippen LogP contribution in [-0.4, -0.2) is 51.8 Å². The maximum absolute atomic E-state index is 12.0. The van der Waals surface area contributed by atoms with Crippen molar-refractivity contribution >= 4 is 12.0 Å². The number of likely N-dealkylation sites (tertiary alicyclic amines) is 1. The number of carbonyl (C=O) groups is 2. The van der Waals surface area contributed by atoms with Gasteiger partial charge in [0.1, 0.15) is 0 Å². The van der Waals surface area contributed by atoms with E-state index < -0.39 is 11.5 Å². The molecule has 0 aromatic rings. The number of urea groups is 1. The monoisotopic (exact) mass is 272 g/mol. The molecule has 0 radical (unpaired) electrons. The van der Waals surface area contributed by atoms with Crippen molar-refractivity contribution in [2.45, 2.75) is 51.7 Å². The number of carbonyl (C=O) groups excluding carboxylic acids is 1. The molecule has 1 atom stereocenters. The molecule has 2 amide bonds. The van der Waals surface area contributed by atoms with Crippen LogP contribution in [0.15, 0.2) is 0 Å². The third kappa shape index (κ3) is 5.06. The van der Waals surface area contributed by atoms with Gasteiger partial charge in [0.2, 0.25) is 0 Å². The normalized spacial score (nSPS) is 19.1. The number of aliphatic carboxylic acids is 1. The lowest BCUT2D eigenvalue weighted by atomic mass is 9.92. The molecular formula is C13H24N2O4. The minimum atomic E-state index is -0.932. The highest BCUT2D eigenvalue weighted by Crippen LogP contribution is 2.21. The molecule has 1 fully saturated rings. The van der Waals surface area contributed by atoms with Gasteiger partial charge in [-0.25, -0.2) is 4.79 Å². The second-order valence-electron chi connectivity index (χ2n) is 5.95. The first-order valence-electron chi connectivity index (χ1n) is 6.68. The average molecular weight is 272 g/mol. The van der Waals surface area contributed by atoms with E-state index in [1.807, 2.05) is 0 Å². The van der Waals surface area contributed by atoms with E-state index in [9.17, 15) is 14.7 Å². The summed E-state index contributed by atoms with van der Waals surface area (Å²) < 4.78 is 0. The summed E-state index contributed by atoms with van der Waals surface area (Å²) in [5, 5.41) is 21.0. The molecule has 0 aromatic heterocycles. The number of aliphatic hydroxyl groups excluding tert-OH is 1. The second kappa shape index (κ2) is 6.23. The Hall–Kier alpha value is -1.30. The van der Waals surface area contributed by atoms with Crippen LogP contribution in [-0.2, 0) is 4.79 Å². The third-order valence-electron chi connectivity index (χ3n) is 3.55. The van der Waals surface area contributed by atoms with Crippen LogP contribution in [0.2, 0.25) is 0 Å². The molecule has 6 nitrogen and oxygen atoms in total. The van der Waals surface area contributed by atoms with E-state index in [0.29, 0.717) is 13.1 Å². The van der Waals surface area contributed by atoms with Crippen LogP contribution >= 0.6 is 0 Å². The topological polar surface area (TPSA) is 89.9 Å². The van der Waals surface area contributed by atoms with E-state index in [4.69, 9.17) is 5.11 Å². The molecule has 0 aromatic carbocycles. The zero-order chi connectivity index (χ0) is 14.6. The van der Waals surface area contributed by atoms with E-state index in [-0.39, 0.29) is 24.5 Å². The maximum atomic E-state index is 12.0. The fourth-order valence-corrected chi connectivity index (χ4v) is 2.38. The summed E-state index contributed by atoms with van der Waals surface area (Å²) in [5.74, 6) is -0.686. The summed E-state index contributed by atoms with van der Waals surface area (Å²) in [6.07, 6.45) is 1.12. The van der Waals surface area contributed by atoms with Crippen molar-refractivity contribution in [3.63, 3.8) is 0 Å². The molecular weight excluding hydrogens is 248 g/mol. The number of aliphatic hydroxyl groups is 1. The highest BCUT2D eigenvalue weighted by molar-refractivity contribution is 5.76. The largest absolute Gasteiger partial charge is 0.481 e. The van der Waals surface area contributed by atoms with Crippen LogP contribution in [0.4, 0.5) is 4.79 Å². The van der Waals surface area contributed by atoms with Gasteiger partial charge in [-0.05, 0) is 39.5 Å². The smallest absolute Gasteiger partial charge is 0.317 e. The first-order chi connectivity index (χ1) is 8.71. The Labute approximate surface area is 113 Å². The van der Waals surface area contributed by atoms with Crippen LogP contribution in [0.5, 0.6) is 0 Å². The quantitative estimate of drug-likeness (QED) is 0.713. The molecule has 1 rings (SSSR count). The first kappa shape index (κ1) is 15.8. The molecule has 0 saturated carbocycles. The summed E-state index contributed by atoms with van der Waals surface area (Å²) >= 11 is 0. The van der Waals surface area contributed by atoms with Crippen molar-refractivity contribution in [2.24, 2.45) is 5.92 Å². The van der Waals surface area contributed by atoms with Gasteiger partial charge in [0.05, 0.1) is 12.5 Å². The Kier molecular flexibility index (Phi) is 5.17. The van der Waals surface area contributed by atoms with Crippen molar-refractivity contribution in [3.05, 3.63) is 0 Å². The third-order valence-corrected chi connectivity index (χ3v) is 3.55. The van der Waals surface area contributed by atoms with Gasteiger partial charge in [-0.2, -0.15) is 0 Å². The van der Waals surface area contributed by atoms with Crippen LogP contribution in [0.25, 0.3) is 0 Å². The van der Waals surface area contributed by atoms with E-state index in [2.05, 4.69) is 5.32 Å². The summed E-state index contributed by atoms with van der Waals surface area (Å²) in [5.41, 5.74) is -0.760. The molecule has 3 N–H and O–H groups in total. The Bertz CT molecular complexity index is 334. The lowest BCUT2D eigenvalue weighted by Gasteiger charge is -2.35. The molecule has 110 valence electrons. The molecule has 1 saturated heterocycles. The van der Waals surface area contributed by atoms with Gasteiger partial charge in [-0.1, -0.05) is 0 Å². The summed E-state index contributed by atoms with van der Waals surface area (Å²) in [4.78, 5) is 24.4. The minimum absolute atomic E-state index is 0.108. The van der Waals surface area contributed by atoms with E-state index in [0.717, 1.165) is 12.8 Å². The lowest BCUT2D eigenvalue weighted by Crippen LogP contribution is -2.53. The number of nitrogens with zero attached hydrogens (tertiary/aromatic N) is 1. The molecule has 0 aliphatic carbocycles. The van der Waals surface area contributed by atoms with Gasteiger partial charge in [0, 0.05) is 18.6 Å². The highest BCUT2D eigenvalue weighted by atomic mass is 16.4. The second-order valence-corrected chi connectivity index (χ2v) is 5.95. The summed E-state index contributed by atoms with van der Waals surface area (Å²) in [7, 11) is 0. The van der Waals surface area contributed by atoms with Gasteiger partial charge >= 0.3 is 12.0 Å². The molecule has 0 spiro atoms. The Morgan fingerprint density at radius 3 is 2.32 bits per heavy atom. The number of rotatable bonds is 4. The van der Waals surface area contributed by atoms with Crippen molar-refractivity contribution < 1.29 is 19.8 Å². The number of hydrogen-bond donors (Lipinski definition) is 3. The Morgan fingerprint density at radius 2 is 1.89 bits per heavy atom. The minimum Gasteiger partial charge on any atom is -0.481 e. The SMILES string of the molecule is CC(O)C1CCN(C(=O)NC(C)(C)CC(=O)O)CC1. The van der Waals surface area contributed by atoms with Gasteiger partial charge in [0.25, 0.3) is 0 Å². The Morgan fingerprint density at radius 1 is 1.37 bits per heavy atom.